The minimum atomic E-state index is -0.599. The van der Waals surface area contributed by atoms with Gasteiger partial charge in [-0.05, 0) is 54.5 Å². The van der Waals surface area contributed by atoms with Crippen LogP contribution < -0.4 is 5.32 Å². The zero-order valence-corrected chi connectivity index (χ0v) is 19.2. The minimum Gasteiger partial charge on any atom is -0.358 e. The van der Waals surface area contributed by atoms with Gasteiger partial charge in [0.05, 0.1) is 38.9 Å². The molecule has 0 bridgehead atoms. The number of rotatable bonds is 7. The smallest absolute Gasteiger partial charge is 0.358 e. The van der Waals surface area contributed by atoms with Gasteiger partial charge in [-0.1, -0.05) is 29.3 Å². The minimum absolute atomic E-state index is 0.0668. The molecule has 0 unspecified atom stereocenters. The maximum atomic E-state index is 12.2. The SMILES string of the molecule is O=C(CCn1cc(Br)c([N+](=O)[O-])n1)Nc1nn(Cc2ccc(Cl)c(Cl)c2)cc1Br. The number of carbonyl (C=O) groups is 1. The van der Waals surface area contributed by atoms with Crippen LogP contribution in [0.2, 0.25) is 10.0 Å². The third-order valence-corrected chi connectivity index (χ3v) is 5.62. The lowest BCUT2D eigenvalue weighted by Crippen LogP contribution is -2.15. The van der Waals surface area contributed by atoms with Gasteiger partial charge >= 0.3 is 5.82 Å². The lowest BCUT2D eigenvalue weighted by atomic mass is 10.2. The molecule has 9 nitrogen and oxygen atoms in total. The van der Waals surface area contributed by atoms with E-state index in [1.54, 1.807) is 23.0 Å². The molecular weight excluding hydrogens is 555 g/mol. The van der Waals surface area contributed by atoms with E-state index < -0.39 is 4.92 Å². The van der Waals surface area contributed by atoms with Crippen molar-refractivity contribution in [2.45, 2.75) is 19.5 Å². The molecule has 0 spiro atoms. The second-order valence-corrected chi connectivity index (χ2v) is 8.41. The van der Waals surface area contributed by atoms with Crippen molar-refractivity contribution >= 4 is 72.6 Å². The maximum absolute atomic E-state index is 12.2. The molecular formula is C16H12Br2Cl2N6O3. The van der Waals surface area contributed by atoms with Crippen molar-refractivity contribution in [2.75, 3.05) is 5.32 Å². The molecule has 0 atom stereocenters. The Balaban J connectivity index is 1.60. The molecule has 0 saturated carbocycles. The number of nitrogens with one attached hydrogen (secondary N) is 1. The summed E-state index contributed by atoms with van der Waals surface area (Å²) >= 11 is 18.4. The van der Waals surface area contributed by atoms with Crippen LogP contribution in [-0.4, -0.2) is 30.4 Å². The summed E-state index contributed by atoms with van der Waals surface area (Å²) in [6, 6.07) is 5.29. The number of nitrogens with zero attached hydrogens (tertiary/aromatic N) is 5. The van der Waals surface area contributed by atoms with Crippen LogP contribution in [0.4, 0.5) is 11.6 Å². The average molecular weight is 567 g/mol. The lowest BCUT2D eigenvalue weighted by molar-refractivity contribution is -0.390. The van der Waals surface area contributed by atoms with E-state index in [4.69, 9.17) is 23.2 Å². The Labute approximate surface area is 191 Å². The van der Waals surface area contributed by atoms with Crippen molar-refractivity contribution in [2.24, 2.45) is 0 Å². The standard InChI is InChI=1S/C16H12Br2Cl2N6O3/c17-10-7-25(6-9-1-2-12(19)13(20)5-9)22-15(10)21-14(27)3-4-24-8-11(18)16(23-24)26(28)29/h1-2,5,7-8H,3-4,6H2,(H,21,22,27). The fourth-order valence-corrected chi connectivity index (χ4v) is 3.62. The first-order valence-electron chi connectivity index (χ1n) is 8.07. The number of anilines is 1. The van der Waals surface area contributed by atoms with Crippen LogP contribution in [0.15, 0.2) is 39.5 Å². The molecule has 2 heterocycles. The Morgan fingerprint density at radius 1 is 1.14 bits per heavy atom. The molecule has 152 valence electrons. The number of aromatic nitrogens is 4. The summed E-state index contributed by atoms with van der Waals surface area (Å²) in [4.78, 5) is 22.4. The second-order valence-electron chi connectivity index (χ2n) is 5.89. The molecule has 3 aromatic rings. The molecule has 1 aromatic carbocycles. The van der Waals surface area contributed by atoms with Gasteiger partial charge in [0, 0.05) is 12.6 Å². The number of benzene rings is 1. The van der Waals surface area contributed by atoms with Gasteiger partial charge in [-0.3, -0.25) is 9.48 Å². The predicted octanol–water partition coefficient (Wildman–Crippen LogP) is 4.90. The molecule has 29 heavy (non-hydrogen) atoms. The average Bonchev–Trinajstić information content (AvgIpc) is 3.19. The molecule has 13 heteroatoms. The maximum Gasteiger partial charge on any atom is 0.404 e. The third kappa shape index (κ3) is 5.56. The van der Waals surface area contributed by atoms with Crippen molar-refractivity contribution in [3.8, 4) is 0 Å². The summed E-state index contributed by atoms with van der Waals surface area (Å²) in [5.74, 6) is -0.239. The Morgan fingerprint density at radius 2 is 1.86 bits per heavy atom. The van der Waals surface area contributed by atoms with E-state index >= 15 is 0 Å². The summed E-state index contributed by atoms with van der Waals surface area (Å²) < 4.78 is 3.85. The molecule has 0 saturated heterocycles. The lowest BCUT2D eigenvalue weighted by Gasteiger charge is -2.04. The van der Waals surface area contributed by atoms with E-state index in [-0.39, 0.29) is 29.2 Å². The molecule has 0 aliphatic rings. The largest absolute Gasteiger partial charge is 0.404 e. The zero-order chi connectivity index (χ0) is 21.1. The van der Waals surface area contributed by atoms with Crippen LogP contribution in [0.25, 0.3) is 0 Å². The number of halogens is 4. The Kier molecular flexibility index (Phi) is 6.93. The highest BCUT2D eigenvalue weighted by Crippen LogP contribution is 2.25. The summed E-state index contributed by atoms with van der Waals surface area (Å²) in [6.45, 7) is 0.621. The molecule has 1 N–H and O–H groups in total. The number of hydrogen-bond donors (Lipinski definition) is 1. The number of hydrogen-bond acceptors (Lipinski definition) is 5. The van der Waals surface area contributed by atoms with Crippen LogP contribution in [-0.2, 0) is 17.9 Å². The van der Waals surface area contributed by atoms with Crippen molar-refractivity contribution < 1.29 is 9.72 Å². The number of nitro groups is 1. The van der Waals surface area contributed by atoms with E-state index in [1.165, 1.54) is 10.9 Å². The topological polar surface area (TPSA) is 108 Å². The monoisotopic (exact) mass is 564 g/mol. The van der Waals surface area contributed by atoms with Gasteiger partial charge < -0.3 is 15.4 Å². The second kappa shape index (κ2) is 9.24. The summed E-state index contributed by atoms with van der Waals surface area (Å²) in [6.07, 6.45) is 3.25. The van der Waals surface area contributed by atoms with Crippen LogP contribution in [0.5, 0.6) is 0 Å². The fraction of sp³-hybridized carbons (Fsp3) is 0.188. The number of carbonyl (C=O) groups excluding carboxylic acids is 1. The third-order valence-electron chi connectivity index (χ3n) is 3.74. The molecule has 3 rings (SSSR count). The quantitative estimate of drug-likeness (QED) is 0.323. The van der Waals surface area contributed by atoms with E-state index in [0.29, 0.717) is 26.9 Å². The van der Waals surface area contributed by atoms with Crippen LogP contribution in [0.1, 0.15) is 12.0 Å². The highest BCUT2D eigenvalue weighted by atomic mass is 79.9. The van der Waals surface area contributed by atoms with Gasteiger partial charge in [-0.25, -0.2) is 0 Å². The molecule has 0 aliphatic carbocycles. The van der Waals surface area contributed by atoms with Gasteiger partial charge in [-0.2, -0.15) is 9.78 Å². The summed E-state index contributed by atoms with van der Waals surface area (Å²) in [7, 11) is 0. The molecule has 1 amide bonds. The van der Waals surface area contributed by atoms with Crippen molar-refractivity contribution in [1.29, 1.82) is 0 Å². The Morgan fingerprint density at radius 3 is 2.52 bits per heavy atom. The van der Waals surface area contributed by atoms with E-state index in [2.05, 4.69) is 47.4 Å². The molecule has 2 aromatic heterocycles. The summed E-state index contributed by atoms with van der Waals surface area (Å²) in [5.41, 5.74) is 0.901. The number of aryl methyl sites for hydroxylation is 1. The molecule has 0 radical (unpaired) electrons. The predicted molar refractivity (Wildman–Crippen MR) is 115 cm³/mol. The first-order valence-corrected chi connectivity index (χ1v) is 10.4. The van der Waals surface area contributed by atoms with Gasteiger partial charge in [-0.15, -0.1) is 0 Å². The first-order chi connectivity index (χ1) is 13.7. The van der Waals surface area contributed by atoms with Gasteiger partial charge in [0.1, 0.15) is 4.47 Å². The molecule has 0 aliphatic heterocycles. The van der Waals surface area contributed by atoms with Crippen LogP contribution >= 0.6 is 55.1 Å². The summed E-state index contributed by atoms with van der Waals surface area (Å²) in [5, 5.41) is 22.6. The van der Waals surface area contributed by atoms with Crippen LogP contribution in [0.3, 0.4) is 0 Å². The zero-order valence-electron chi connectivity index (χ0n) is 14.5. The van der Waals surface area contributed by atoms with Crippen molar-refractivity contribution in [3.05, 3.63) is 65.3 Å². The number of amides is 1. The van der Waals surface area contributed by atoms with E-state index in [9.17, 15) is 14.9 Å². The van der Waals surface area contributed by atoms with Gasteiger partial charge in [0.2, 0.25) is 5.91 Å². The van der Waals surface area contributed by atoms with Gasteiger partial charge in [0.15, 0.2) is 5.82 Å². The van der Waals surface area contributed by atoms with Crippen molar-refractivity contribution in [3.63, 3.8) is 0 Å². The highest BCUT2D eigenvalue weighted by Gasteiger charge is 2.19. The normalized spacial score (nSPS) is 10.9. The van der Waals surface area contributed by atoms with E-state index in [1.807, 2.05) is 6.07 Å². The van der Waals surface area contributed by atoms with Crippen LogP contribution in [0, 0.1) is 10.1 Å². The Hall–Kier alpha value is -1.95. The first kappa shape index (κ1) is 21.8. The highest BCUT2D eigenvalue weighted by molar-refractivity contribution is 9.11. The van der Waals surface area contributed by atoms with Gasteiger partial charge in [0.25, 0.3) is 0 Å². The van der Waals surface area contributed by atoms with E-state index in [0.717, 1.165) is 5.56 Å². The van der Waals surface area contributed by atoms with Crippen molar-refractivity contribution in [1.82, 2.24) is 19.6 Å². The Bertz CT molecular complexity index is 1080. The fourth-order valence-electron chi connectivity index (χ4n) is 2.42. The molecule has 0 fully saturated rings.